The van der Waals surface area contributed by atoms with Gasteiger partial charge in [0.05, 0.1) is 12.9 Å². The number of hydrogen-bond acceptors (Lipinski definition) is 4. The summed E-state index contributed by atoms with van der Waals surface area (Å²) in [5.74, 6) is -0.621. The van der Waals surface area contributed by atoms with Crippen LogP contribution in [0.2, 0.25) is 0 Å². The van der Waals surface area contributed by atoms with E-state index in [0.717, 1.165) is 40.6 Å². The van der Waals surface area contributed by atoms with E-state index in [1.807, 2.05) is 49.4 Å². The number of carbonyl (C=O) groups excluding carboxylic acids is 1. The van der Waals surface area contributed by atoms with Gasteiger partial charge in [-0.25, -0.2) is 0 Å². The van der Waals surface area contributed by atoms with Gasteiger partial charge in [-0.3, -0.25) is 9.59 Å². The molecule has 0 fully saturated rings. The van der Waals surface area contributed by atoms with Crippen molar-refractivity contribution in [1.82, 2.24) is 10.3 Å². The maximum Gasteiger partial charge on any atom is 0.291 e. The van der Waals surface area contributed by atoms with Crippen molar-refractivity contribution in [2.75, 3.05) is 6.61 Å². The highest BCUT2D eigenvalue weighted by Gasteiger charge is 2.18. The first-order valence-electron chi connectivity index (χ1n) is 10.4. The Labute approximate surface area is 179 Å². The predicted molar refractivity (Wildman–Crippen MR) is 120 cm³/mol. The van der Waals surface area contributed by atoms with E-state index in [9.17, 15) is 9.59 Å². The number of fused-ring (bicyclic) bond motifs is 1. The number of benzene rings is 2. The average molecular weight is 416 g/mol. The van der Waals surface area contributed by atoms with Crippen molar-refractivity contribution >= 4 is 16.8 Å². The van der Waals surface area contributed by atoms with Gasteiger partial charge in [-0.1, -0.05) is 55.8 Å². The molecule has 0 unspecified atom stereocenters. The van der Waals surface area contributed by atoms with Gasteiger partial charge in [-0.2, -0.15) is 0 Å². The van der Waals surface area contributed by atoms with Crippen molar-refractivity contribution in [3.05, 3.63) is 88.5 Å². The number of nitrogens with one attached hydrogen (secondary N) is 2. The molecule has 0 atom stereocenters. The summed E-state index contributed by atoms with van der Waals surface area (Å²) in [6.45, 7) is 2.69. The van der Waals surface area contributed by atoms with Gasteiger partial charge in [0.15, 0.2) is 0 Å². The second kappa shape index (κ2) is 9.34. The fraction of sp³-hybridized carbons (Fsp3) is 0.200. The van der Waals surface area contributed by atoms with E-state index in [1.54, 1.807) is 0 Å². The third-order valence-corrected chi connectivity index (χ3v) is 5.03. The molecule has 0 spiro atoms. The summed E-state index contributed by atoms with van der Waals surface area (Å²) >= 11 is 0. The molecule has 4 rings (SSSR count). The summed E-state index contributed by atoms with van der Waals surface area (Å²) in [5, 5.41) is 3.96. The van der Waals surface area contributed by atoms with Gasteiger partial charge < -0.3 is 19.5 Å². The highest BCUT2D eigenvalue weighted by atomic mass is 16.5. The molecular weight excluding hydrogens is 392 g/mol. The van der Waals surface area contributed by atoms with Crippen LogP contribution >= 0.6 is 0 Å². The maximum absolute atomic E-state index is 12.6. The minimum atomic E-state index is -0.483. The lowest BCUT2D eigenvalue weighted by molar-refractivity contribution is 0.0913. The van der Waals surface area contributed by atoms with Crippen LogP contribution in [0.25, 0.3) is 22.2 Å². The van der Waals surface area contributed by atoms with E-state index < -0.39 is 5.91 Å². The first-order chi connectivity index (χ1) is 15.2. The summed E-state index contributed by atoms with van der Waals surface area (Å²) in [6.07, 6.45) is 2.92. The normalized spacial score (nSPS) is 10.9. The third-order valence-electron chi connectivity index (χ3n) is 5.03. The number of amides is 1. The van der Waals surface area contributed by atoms with Crippen LogP contribution in [-0.4, -0.2) is 17.5 Å². The van der Waals surface area contributed by atoms with E-state index in [-0.39, 0.29) is 16.9 Å². The molecule has 0 aliphatic rings. The topological polar surface area (TPSA) is 84.3 Å². The van der Waals surface area contributed by atoms with E-state index in [2.05, 4.69) is 22.4 Å². The fourth-order valence-corrected chi connectivity index (χ4v) is 3.31. The van der Waals surface area contributed by atoms with E-state index in [0.29, 0.717) is 13.2 Å². The summed E-state index contributed by atoms with van der Waals surface area (Å²) in [7, 11) is 0. The lowest BCUT2D eigenvalue weighted by Gasteiger charge is -2.10. The molecule has 0 bridgehead atoms. The van der Waals surface area contributed by atoms with Gasteiger partial charge in [-0.15, -0.1) is 0 Å². The van der Waals surface area contributed by atoms with Crippen LogP contribution in [0.4, 0.5) is 0 Å². The number of rotatable bonds is 8. The molecule has 0 aliphatic heterocycles. The lowest BCUT2D eigenvalue weighted by atomic mass is 10.1. The number of aromatic nitrogens is 1. The molecule has 0 saturated heterocycles. The zero-order chi connectivity index (χ0) is 21.6. The summed E-state index contributed by atoms with van der Waals surface area (Å²) in [4.78, 5) is 28.1. The molecule has 0 aliphatic carbocycles. The van der Waals surface area contributed by atoms with Gasteiger partial charge in [0.25, 0.3) is 5.91 Å². The van der Waals surface area contributed by atoms with Crippen LogP contribution in [0, 0.1) is 0 Å². The highest BCUT2D eigenvalue weighted by Crippen LogP contribution is 2.24. The monoisotopic (exact) mass is 416 g/mol. The van der Waals surface area contributed by atoms with Gasteiger partial charge >= 0.3 is 0 Å². The first kappa shape index (κ1) is 20.5. The van der Waals surface area contributed by atoms with E-state index in [4.69, 9.17) is 9.15 Å². The molecule has 2 N–H and O–H groups in total. The maximum atomic E-state index is 12.6. The van der Waals surface area contributed by atoms with Crippen LogP contribution in [0.15, 0.2) is 76.1 Å². The Morgan fingerprint density at radius 3 is 2.68 bits per heavy atom. The summed E-state index contributed by atoms with van der Waals surface area (Å²) < 4.78 is 10.8. The lowest BCUT2D eigenvalue weighted by Crippen LogP contribution is -2.25. The van der Waals surface area contributed by atoms with E-state index >= 15 is 0 Å². The SMILES string of the molecule is CCCCOc1c(C(=O)NCc2ccc(-c3cc4ccccc4[nH]3)cc2)occc1=O. The third kappa shape index (κ3) is 4.69. The van der Waals surface area contributed by atoms with Crippen molar-refractivity contribution < 1.29 is 13.9 Å². The van der Waals surface area contributed by atoms with Crippen LogP contribution in [0.1, 0.15) is 35.9 Å². The van der Waals surface area contributed by atoms with Crippen molar-refractivity contribution in [2.45, 2.75) is 26.3 Å². The van der Waals surface area contributed by atoms with Crippen LogP contribution in [0.5, 0.6) is 5.75 Å². The molecule has 6 nitrogen and oxygen atoms in total. The molecule has 0 saturated carbocycles. The largest absolute Gasteiger partial charge is 0.486 e. The minimum absolute atomic E-state index is 0.0393. The van der Waals surface area contributed by atoms with Crippen LogP contribution < -0.4 is 15.5 Å². The molecule has 6 heteroatoms. The molecule has 0 radical (unpaired) electrons. The molecule has 31 heavy (non-hydrogen) atoms. The van der Waals surface area contributed by atoms with Crippen molar-refractivity contribution in [2.24, 2.45) is 0 Å². The molecule has 1 amide bonds. The van der Waals surface area contributed by atoms with Gasteiger partial charge in [0.2, 0.25) is 16.9 Å². The van der Waals surface area contributed by atoms with Gasteiger partial charge in [0.1, 0.15) is 0 Å². The Balaban J connectivity index is 1.43. The number of carbonyl (C=O) groups is 1. The number of aromatic amines is 1. The first-order valence-corrected chi connectivity index (χ1v) is 10.4. The Kier molecular flexibility index (Phi) is 6.17. The molecule has 2 heterocycles. The van der Waals surface area contributed by atoms with E-state index in [1.165, 1.54) is 12.3 Å². The molecule has 158 valence electrons. The zero-order valence-electron chi connectivity index (χ0n) is 17.3. The number of hydrogen-bond donors (Lipinski definition) is 2. The second-order valence-electron chi connectivity index (χ2n) is 7.29. The molecule has 2 aromatic carbocycles. The van der Waals surface area contributed by atoms with Gasteiger partial charge in [-0.05, 0) is 29.7 Å². The Morgan fingerprint density at radius 2 is 1.90 bits per heavy atom. The fourth-order valence-electron chi connectivity index (χ4n) is 3.31. The Morgan fingerprint density at radius 1 is 1.10 bits per heavy atom. The van der Waals surface area contributed by atoms with Crippen LogP contribution in [0.3, 0.4) is 0 Å². The Bertz CT molecular complexity index is 1210. The molecule has 4 aromatic rings. The van der Waals surface area contributed by atoms with Crippen molar-refractivity contribution in [3.8, 4) is 17.0 Å². The summed E-state index contributed by atoms with van der Waals surface area (Å²) in [6, 6.07) is 19.4. The Hall–Kier alpha value is -3.80. The second-order valence-corrected chi connectivity index (χ2v) is 7.29. The minimum Gasteiger partial charge on any atom is -0.486 e. The highest BCUT2D eigenvalue weighted by molar-refractivity contribution is 5.93. The quantitative estimate of drug-likeness (QED) is 0.400. The smallest absolute Gasteiger partial charge is 0.291 e. The zero-order valence-corrected chi connectivity index (χ0v) is 17.3. The summed E-state index contributed by atoms with van der Waals surface area (Å²) in [5.41, 5.74) is 3.76. The predicted octanol–water partition coefficient (Wildman–Crippen LogP) is 4.90. The molecular formula is C25H24N2O4. The average Bonchev–Trinajstić information content (AvgIpc) is 3.23. The number of ether oxygens (including phenoxy) is 1. The number of H-pyrrole nitrogens is 1. The van der Waals surface area contributed by atoms with Crippen molar-refractivity contribution in [3.63, 3.8) is 0 Å². The molecule has 2 aromatic heterocycles. The standard InChI is InChI=1S/C25H24N2O4/c1-2-3-13-30-23-22(28)12-14-31-24(23)25(29)26-16-17-8-10-18(11-9-17)21-15-19-6-4-5-7-20(19)27-21/h4-12,14-15,27H,2-3,13,16H2,1H3,(H,26,29). The van der Waals surface area contributed by atoms with Gasteiger partial charge in [0, 0.05) is 29.2 Å². The number of unbranched alkanes of at least 4 members (excludes halogenated alkanes) is 1. The van der Waals surface area contributed by atoms with Crippen molar-refractivity contribution in [1.29, 1.82) is 0 Å². The van der Waals surface area contributed by atoms with Crippen LogP contribution in [-0.2, 0) is 6.54 Å². The number of para-hydroxylation sites is 1.